The molecule has 0 aliphatic rings. The number of aryl methyl sites for hydroxylation is 1. The number of sulfonamides is 1. The SMILES string of the molecule is Cc1cc(Cl)ccc1NC(=O)Nc1ccc2nc(NS(=O)(=O)c3ccc4ccccc4c3)sc2c1. The van der Waals surface area contributed by atoms with Crippen LogP contribution in [0.1, 0.15) is 5.56 Å². The Kier molecular flexibility index (Phi) is 6.06. The van der Waals surface area contributed by atoms with E-state index < -0.39 is 16.1 Å². The number of rotatable bonds is 5. The number of anilines is 3. The number of benzene rings is 4. The van der Waals surface area contributed by atoms with Crippen LogP contribution < -0.4 is 15.4 Å². The number of nitrogens with one attached hydrogen (secondary N) is 3. The Morgan fingerprint density at radius 1 is 0.914 bits per heavy atom. The van der Waals surface area contributed by atoms with Gasteiger partial charge < -0.3 is 10.6 Å². The Balaban J connectivity index is 1.33. The van der Waals surface area contributed by atoms with E-state index in [9.17, 15) is 13.2 Å². The van der Waals surface area contributed by atoms with Crippen molar-refractivity contribution in [2.24, 2.45) is 0 Å². The number of hydrogen-bond donors (Lipinski definition) is 3. The second kappa shape index (κ2) is 9.18. The molecule has 1 aromatic heterocycles. The molecule has 5 aromatic rings. The fraction of sp³-hybridized carbons (Fsp3) is 0.0400. The van der Waals surface area contributed by atoms with Crippen LogP contribution in [0.3, 0.4) is 0 Å². The Labute approximate surface area is 210 Å². The first-order chi connectivity index (χ1) is 16.8. The van der Waals surface area contributed by atoms with Gasteiger partial charge in [0.1, 0.15) is 0 Å². The Morgan fingerprint density at radius 3 is 2.51 bits per heavy atom. The molecular weight excluding hydrogens is 504 g/mol. The molecule has 176 valence electrons. The van der Waals surface area contributed by atoms with E-state index in [2.05, 4.69) is 20.3 Å². The van der Waals surface area contributed by atoms with Crippen molar-refractivity contribution < 1.29 is 13.2 Å². The number of aromatic nitrogens is 1. The summed E-state index contributed by atoms with van der Waals surface area (Å²) in [6, 6.07) is 22.5. The Bertz CT molecular complexity index is 1700. The van der Waals surface area contributed by atoms with Gasteiger partial charge >= 0.3 is 6.03 Å². The summed E-state index contributed by atoms with van der Waals surface area (Å²) in [5, 5.41) is 8.20. The van der Waals surface area contributed by atoms with Gasteiger partial charge in [-0.15, -0.1) is 0 Å². The summed E-state index contributed by atoms with van der Waals surface area (Å²) in [5.74, 6) is 0. The predicted octanol–water partition coefficient (Wildman–Crippen LogP) is 6.86. The minimum Gasteiger partial charge on any atom is -0.308 e. The van der Waals surface area contributed by atoms with Crippen molar-refractivity contribution in [1.29, 1.82) is 0 Å². The predicted molar refractivity (Wildman–Crippen MR) is 143 cm³/mol. The van der Waals surface area contributed by atoms with Crippen molar-refractivity contribution in [3.63, 3.8) is 0 Å². The fourth-order valence-electron chi connectivity index (χ4n) is 3.61. The molecular formula is C25H19ClN4O3S2. The second-order valence-corrected chi connectivity index (χ2v) is 11.0. The average Bonchev–Trinajstić information content (AvgIpc) is 3.21. The third-order valence-electron chi connectivity index (χ3n) is 5.34. The first-order valence-electron chi connectivity index (χ1n) is 10.5. The Morgan fingerprint density at radius 2 is 1.71 bits per heavy atom. The minimum atomic E-state index is -3.81. The summed E-state index contributed by atoms with van der Waals surface area (Å²) in [6.45, 7) is 1.85. The maximum atomic E-state index is 12.9. The van der Waals surface area contributed by atoms with Crippen molar-refractivity contribution in [3.8, 4) is 0 Å². The lowest BCUT2D eigenvalue weighted by Crippen LogP contribution is -2.19. The molecule has 0 radical (unpaired) electrons. The highest BCUT2D eigenvalue weighted by atomic mass is 35.5. The van der Waals surface area contributed by atoms with Crippen LogP contribution in [0.15, 0.2) is 83.8 Å². The third-order valence-corrected chi connectivity index (χ3v) is 7.97. The number of carbonyl (C=O) groups excluding carboxylic acids is 1. The van der Waals surface area contributed by atoms with Crippen molar-refractivity contribution in [2.45, 2.75) is 11.8 Å². The van der Waals surface area contributed by atoms with Crippen LogP contribution in [-0.2, 0) is 10.0 Å². The van der Waals surface area contributed by atoms with Crippen LogP contribution >= 0.6 is 22.9 Å². The summed E-state index contributed by atoms with van der Waals surface area (Å²) < 4.78 is 29.2. The highest BCUT2D eigenvalue weighted by Crippen LogP contribution is 2.30. The highest BCUT2D eigenvalue weighted by Gasteiger charge is 2.17. The van der Waals surface area contributed by atoms with E-state index in [0.717, 1.165) is 21.0 Å². The normalized spacial score (nSPS) is 11.5. The van der Waals surface area contributed by atoms with E-state index in [-0.39, 0.29) is 10.0 Å². The number of nitrogens with zero attached hydrogens (tertiary/aromatic N) is 1. The summed E-state index contributed by atoms with van der Waals surface area (Å²) in [6.07, 6.45) is 0. The van der Waals surface area contributed by atoms with E-state index >= 15 is 0 Å². The lowest BCUT2D eigenvalue weighted by molar-refractivity contribution is 0.262. The van der Waals surface area contributed by atoms with E-state index in [4.69, 9.17) is 11.6 Å². The summed E-state index contributed by atoms with van der Waals surface area (Å²) >= 11 is 7.15. The molecule has 3 N–H and O–H groups in total. The molecule has 2 amide bonds. The molecule has 7 nitrogen and oxygen atoms in total. The molecule has 0 saturated heterocycles. The summed E-state index contributed by atoms with van der Waals surface area (Å²) in [7, 11) is -3.81. The molecule has 5 rings (SSSR count). The van der Waals surface area contributed by atoms with Gasteiger partial charge in [-0.25, -0.2) is 18.2 Å². The number of hydrogen-bond acceptors (Lipinski definition) is 5. The molecule has 4 aromatic carbocycles. The number of urea groups is 1. The topological polar surface area (TPSA) is 100 Å². The fourth-order valence-corrected chi connectivity index (χ4v) is 6.01. The number of amides is 2. The van der Waals surface area contributed by atoms with E-state index in [1.807, 2.05) is 31.2 Å². The van der Waals surface area contributed by atoms with Gasteiger partial charge in [0.25, 0.3) is 10.0 Å². The largest absolute Gasteiger partial charge is 0.323 e. The zero-order chi connectivity index (χ0) is 24.6. The molecule has 0 atom stereocenters. The summed E-state index contributed by atoms with van der Waals surface area (Å²) in [5.41, 5.74) is 2.66. The number of halogens is 1. The van der Waals surface area contributed by atoms with Crippen LogP contribution in [0.4, 0.5) is 21.3 Å². The standard InChI is InChI=1S/C25H19ClN4O3S2/c1-15-12-18(26)7-10-21(15)28-24(31)27-19-8-11-22-23(14-19)34-25(29-22)30-35(32,33)20-9-6-16-4-2-3-5-17(16)13-20/h2-14H,1H3,(H,29,30)(H2,27,28,31). The molecule has 0 fully saturated rings. The molecule has 0 saturated carbocycles. The summed E-state index contributed by atoms with van der Waals surface area (Å²) in [4.78, 5) is 17.0. The zero-order valence-corrected chi connectivity index (χ0v) is 20.8. The monoisotopic (exact) mass is 522 g/mol. The van der Waals surface area contributed by atoms with E-state index in [1.54, 1.807) is 54.6 Å². The van der Waals surface area contributed by atoms with Crippen molar-refractivity contribution in [3.05, 3.63) is 89.4 Å². The van der Waals surface area contributed by atoms with Crippen LogP contribution in [0, 0.1) is 6.92 Å². The highest BCUT2D eigenvalue weighted by molar-refractivity contribution is 7.93. The molecule has 35 heavy (non-hydrogen) atoms. The number of carbonyl (C=O) groups is 1. The molecule has 0 unspecified atom stereocenters. The lowest BCUT2D eigenvalue weighted by Gasteiger charge is -2.10. The quantitative estimate of drug-likeness (QED) is 0.235. The van der Waals surface area contributed by atoms with Crippen LogP contribution in [0.5, 0.6) is 0 Å². The smallest absolute Gasteiger partial charge is 0.308 e. The average molecular weight is 523 g/mol. The van der Waals surface area contributed by atoms with Gasteiger partial charge in [-0.05, 0) is 71.8 Å². The Hall–Kier alpha value is -3.66. The second-order valence-electron chi connectivity index (χ2n) is 7.85. The van der Waals surface area contributed by atoms with Crippen molar-refractivity contribution in [2.75, 3.05) is 15.4 Å². The van der Waals surface area contributed by atoms with Gasteiger partial charge in [-0.3, -0.25) is 4.72 Å². The molecule has 1 heterocycles. The third kappa shape index (κ3) is 5.07. The first kappa shape index (κ1) is 23.1. The van der Waals surface area contributed by atoms with Crippen LogP contribution in [0.2, 0.25) is 5.02 Å². The van der Waals surface area contributed by atoms with Gasteiger partial charge in [-0.1, -0.05) is 53.3 Å². The number of fused-ring (bicyclic) bond motifs is 2. The van der Waals surface area contributed by atoms with Gasteiger partial charge in [0.15, 0.2) is 5.13 Å². The van der Waals surface area contributed by atoms with E-state index in [0.29, 0.717) is 21.9 Å². The van der Waals surface area contributed by atoms with Crippen molar-refractivity contribution >= 4 is 76.5 Å². The lowest BCUT2D eigenvalue weighted by atomic mass is 10.1. The van der Waals surface area contributed by atoms with Gasteiger partial charge in [-0.2, -0.15) is 0 Å². The first-order valence-corrected chi connectivity index (χ1v) is 13.2. The molecule has 0 spiro atoms. The maximum absolute atomic E-state index is 12.9. The van der Waals surface area contributed by atoms with Crippen LogP contribution in [0.25, 0.3) is 21.0 Å². The molecule has 0 aliphatic carbocycles. The van der Waals surface area contributed by atoms with Crippen molar-refractivity contribution in [1.82, 2.24) is 4.98 Å². The number of thiazole rings is 1. The molecule has 10 heteroatoms. The van der Waals surface area contributed by atoms with Gasteiger partial charge in [0, 0.05) is 16.4 Å². The zero-order valence-electron chi connectivity index (χ0n) is 18.4. The van der Waals surface area contributed by atoms with Gasteiger partial charge in [0.05, 0.1) is 15.1 Å². The molecule has 0 bridgehead atoms. The maximum Gasteiger partial charge on any atom is 0.323 e. The minimum absolute atomic E-state index is 0.159. The molecule has 0 aliphatic heterocycles. The van der Waals surface area contributed by atoms with Crippen LogP contribution in [-0.4, -0.2) is 19.4 Å². The van der Waals surface area contributed by atoms with Gasteiger partial charge in [0.2, 0.25) is 0 Å². The van der Waals surface area contributed by atoms with E-state index in [1.165, 1.54) is 11.3 Å².